The van der Waals surface area contributed by atoms with Crippen LogP contribution in [0, 0.1) is 5.92 Å². The van der Waals surface area contributed by atoms with Gasteiger partial charge in [0.05, 0.1) is 26.4 Å². The number of hydrogen-bond donors (Lipinski definition) is 2. The van der Waals surface area contributed by atoms with Crippen LogP contribution in [0.25, 0.3) is 0 Å². The number of ether oxygens (including phenoxy) is 3. The molecule has 2 amide bonds. The Morgan fingerprint density at radius 2 is 1.71 bits per heavy atom. The molecule has 1 heterocycles. The number of methoxy groups -OCH3 is 1. The molecule has 0 aromatic heterocycles. The summed E-state index contributed by atoms with van der Waals surface area (Å²) in [5.41, 5.74) is 1.97. The lowest BCUT2D eigenvalue weighted by Gasteiger charge is -2.35. The van der Waals surface area contributed by atoms with Gasteiger partial charge in [-0.1, -0.05) is 56.3 Å². The number of nitrogens with one attached hydrogen (secondary N) is 2. The minimum absolute atomic E-state index is 0.0170. The van der Waals surface area contributed by atoms with E-state index in [0.29, 0.717) is 19.8 Å². The quantitative estimate of drug-likeness (QED) is 0.556. The Morgan fingerprint density at radius 1 is 1.03 bits per heavy atom. The molecule has 3 rings (SSSR count). The molecular weight excluding hydrogens is 434 g/mol. The predicted molar refractivity (Wildman–Crippen MR) is 130 cm³/mol. The maximum absolute atomic E-state index is 13.1. The molecule has 0 bridgehead atoms. The fraction of sp³-hybridized carbons (Fsp3) is 0.462. The van der Waals surface area contributed by atoms with E-state index in [1.807, 2.05) is 68.4 Å². The van der Waals surface area contributed by atoms with Crippen LogP contribution >= 0.6 is 0 Å². The van der Waals surface area contributed by atoms with E-state index >= 15 is 0 Å². The van der Waals surface area contributed by atoms with Gasteiger partial charge in [-0.05, 0) is 29.2 Å². The first kappa shape index (κ1) is 25.5. The number of rotatable bonds is 10. The lowest BCUT2D eigenvalue weighted by atomic mass is 10.0. The van der Waals surface area contributed by atoms with E-state index in [1.54, 1.807) is 7.11 Å². The highest BCUT2D eigenvalue weighted by Crippen LogP contribution is 2.24. The molecule has 1 aliphatic heterocycles. The first-order chi connectivity index (χ1) is 16.5. The zero-order valence-electron chi connectivity index (χ0n) is 20.2. The second-order valence-corrected chi connectivity index (χ2v) is 8.61. The average molecular weight is 470 g/mol. The summed E-state index contributed by atoms with van der Waals surface area (Å²) >= 11 is 0. The first-order valence-electron chi connectivity index (χ1n) is 11.7. The summed E-state index contributed by atoms with van der Waals surface area (Å²) in [6, 6.07) is 16.6. The van der Waals surface area contributed by atoms with E-state index in [1.165, 1.54) is 0 Å². The average Bonchev–Trinajstić information content (AvgIpc) is 2.87. The van der Waals surface area contributed by atoms with Gasteiger partial charge in [0.25, 0.3) is 0 Å². The largest absolute Gasteiger partial charge is 0.497 e. The summed E-state index contributed by atoms with van der Waals surface area (Å²) < 4.78 is 16.1. The second-order valence-electron chi connectivity index (χ2n) is 8.61. The van der Waals surface area contributed by atoms with Crippen molar-refractivity contribution in [2.45, 2.75) is 32.5 Å². The Kier molecular flexibility index (Phi) is 9.73. The Morgan fingerprint density at radius 3 is 2.32 bits per heavy atom. The Labute approximate surface area is 201 Å². The van der Waals surface area contributed by atoms with E-state index in [2.05, 4.69) is 15.5 Å². The molecule has 0 aliphatic carbocycles. The maximum Gasteiger partial charge on any atom is 0.408 e. The molecule has 1 saturated heterocycles. The normalized spacial score (nSPS) is 15.9. The highest BCUT2D eigenvalue weighted by molar-refractivity contribution is 5.85. The molecule has 34 heavy (non-hydrogen) atoms. The van der Waals surface area contributed by atoms with Crippen molar-refractivity contribution in [2.75, 3.05) is 40.0 Å². The third-order valence-corrected chi connectivity index (χ3v) is 5.89. The summed E-state index contributed by atoms with van der Waals surface area (Å²) in [6.07, 6.45) is -0.613. The first-order valence-corrected chi connectivity index (χ1v) is 11.7. The van der Waals surface area contributed by atoms with Crippen LogP contribution in [0.5, 0.6) is 5.75 Å². The number of carbonyl (C=O) groups excluding carboxylic acids is 2. The summed E-state index contributed by atoms with van der Waals surface area (Å²) in [5.74, 6) is 0.442. The van der Waals surface area contributed by atoms with Crippen molar-refractivity contribution >= 4 is 12.0 Å². The van der Waals surface area contributed by atoms with E-state index in [4.69, 9.17) is 14.2 Å². The molecule has 8 heteroatoms. The molecule has 0 spiro atoms. The van der Waals surface area contributed by atoms with Crippen LogP contribution in [0.3, 0.4) is 0 Å². The number of morpholine rings is 1. The van der Waals surface area contributed by atoms with Gasteiger partial charge in [-0.3, -0.25) is 9.69 Å². The summed E-state index contributed by atoms with van der Waals surface area (Å²) in [6.45, 7) is 7.22. The number of hydrogen-bond acceptors (Lipinski definition) is 6. The van der Waals surface area contributed by atoms with Gasteiger partial charge in [-0.2, -0.15) is 0 Å². The van der Waals surface area contributed by atoms with Crippen molar-refractivity contribution in [3.05, 3.63) is 65.7 Å². The second kappa shape index (κ2) is 13.0. The molecule has 1 unspecified atom stereocenters. The van der Waals surface area contributed by atoms with Gasteiger partial charge in [0, 0.05) is 19.6 Å². The Balaban J connectivity index is 1.61. The molecule has 8 nitrogen and oxygen atoms in total. The fourth-order valence-electron chi connectivity index (χ4n) is 3.91. The number of nitrogens with zero attached hydrogens (tertiary/aromatic N) is 1. The molecule has 2 atom stereocenters. The van der Waals surface area contributed by atoms with Crippen molar-refractivity contribution in [3.8, 4) is 5.75 Å². The van der Waals surface area contributed by atoms with Crippen LogP contribution in [0.1, 0.15) is 31.0 Å². The molecule has 0 radical (unpaired) electrons. The van der Waals surface area contributed by atoms with Crippen molar-refractivity contribution in [1.29, 1.82) is 0 Å². The highest BCUT2D eigenvalue weighted by Gasteiger charge is 2.28. The van der Waals surface area contributed by atoms with E-state index in [0.717, 1.165) is 30.0 Å². The summed E-state index contributed by atoms with van der Waals surface area (Å²) in [4.78, 5) is 27.7. The molecule has 1 fully saturated rings. The topological polar surface area (TPSA) is 89.1 Å². The van der Waals surface area contributed by atoms with Gasteiger partial charge < -0.3 is 24.8 Å². The minimum atomic E-state index is -0.704. The van der Waals surface area contributed by atoms with Gasteiger partial charge in [0.1, 0.15) is 18.4 Å². The third kappa shape index (κ3) is 7.46. The highest BCUT2D eigenvalue weighted by atomic mass is 16.5. The van der Waals surface area contributed by atoms with E-state index in [9.17, 15) is 9.59 Å². The van der Waals surface area contributed by atoms with Gasteiger partial charge >= 0.3 is 6.09 Å². The van der Waals surface area contributed by atoms with Gasteiger partial charge in [0.2, 0.25) is 5.91 Å². The van der Waals surface area contributed by atoms with Crippen LogP contribution in [-0.2, 0) is 20.9 Å². The number of amides is 2. The van der Waals surface area contributed by atoms with Crippen molar-refractivity contribution < 1.29 is 23.8 Å². The molecule has 0 saturated carbocycles. The molecule has 2 aromatic carbocycles. The number of carbonyl (C=O) groups is 2. The van der Waals surface area contributed by atoms with Crippen LogP contribution in [0.2, 0.25) is 0 Å². The summed E-state index contributed by atoms with van der Waals surface area (Å²) in [7, 11) is 1.64. The van der Waals surface area contributed by atoms with Crippen molar-refractivity contribution in [3.63, 3.8) is 0 Å². The van der Waals surface area contributed by atoms with Gasteiger partial charge in [-0.15, -0.1) is 0 Å². The number of benzene rings is 2. The lowest BCUT2D eigenvalue weighted by Crippen LogP contribution is -2.52. The van der Waals surface area contributed by atoms with Crippen LogP contribution < -0.4 is 15.4 Å². The SMILES string of the molecule is COc1ccc(C(CNC(=O)[C@@H](NC(=O)OCc2ccccc2)C(C)C)N2CCOCC2)cc1. The fourth-order valence-corrected chi connectivity index (χ4v) is 3.91. The molecule has 1 aliphatic rings. The van der Waals surface area contributed by atoms with Crippen molar-refractivity contribution in [2.24, 2.45) is 5.92 Å². The van der Waals surface area contributed by atoms with Gasteiger partial charge in [-0.25, -0.2) is 4.79 Å². The summed E-state index contributed by atoms with van der Waals surface area (Å²) in [5, 5.41) is 5.77. The van der Waals surface area contributed by atoms with Crippen LogP contribution in [0.4, 0.5) is 4.79 Å². The van der Waals surface area contributed by atoms with Crippen LogP contribution in [-0.4, -0.2) is 62.9 Å². The zero-order chi connectivity index (χ0) is 24.3. The molecular formula is C26H35N3O5. The smallest absolute Gasteiger partial charge is 0.408 e. The number of alkyl carbamates (subject to hydrolysis) is 1. The maximum atomic E-state index is 13.1. The van der Waals surface area contributed by atoms with Crippen molar-refractivity contribution in [1.82, 2.24) is 15.5 Å². The predicted octanol–water partition coefficient (Wildman–Crippen LogP) is 3.14. The van der Waals surface area contributed by atoms with Crippen LogP contribution in [0.15, 0.2) is 54.6 Å². The Hall–Kier alpha value is -3.10. The third-order valence-electron chi connectivity index (χ3n) is 5.89. The minimum Gasteiger partial charge on any atom is -0.497 e. The monoisotopic (exact) mass is 469 g/mol. The molecule has 184 valence electrons. The van der Waals surface area contributed by atoms with E-state index < -0.39 is 12.1 Å². The zero-order valence-corrected chi connectivity index (χ0v) is 20.2. The lowest BCUT2D eigenvalue weighted by molar-refractivity contribution is -0.124. The standard InChI is InChI=1S/C26H35N3O5/c1-19(2)24(28-26(31)34-18-20-7-5-4-6-8-20)25(30)27-17-23(29-13-15-33-16-14-29)21-9-11-22(32-3)12-10-21/h4-12,19,23-24H,13-18H2,1-3H3,(H,27,30)(H,28,31)/t23?,24-/m0/s1. The molecule has 2 aromatic rings. The van der Waals surface area contributed by atoms with Gasteiger partial charge in [0.15, 0.2) is 0 Å². The van der Waals surface area contributed by atoms with E-state index in [-0.39, 0.29) is 24.5 Å². The molecule has 2 N–H and O–H groups in total. The Bertz CT molecular complexity index is 898.